The Bertz CT molecular complexity index is 739. The van der Waals surface area contributed by atoms with Gasteiger partial charge in [-0.05, 0) is 41.0 Å². The summed E-state index contributed by atoms with van der Waals surface area (Å²) in [4.78, 5) is 9.41. The molecule has 2 rings (SSSR count). The highest BCUT2D eigenvalue weighted by Crippen LogP contribution is 2.13. The zero-order valence-electron chi connectivity index (χ0n) is 19.5. The second-order valence-corrected chi connectivity index (χ2v) is 10.1. The molecular formula is C20H39IN6O3S. The maximum absolute atomic E-state index is 12.6. The van der Waals surface area contributed by atoms with E-state index < -0.39 is 10.0 Å². The van der Waals surface area contributed by atoms with Gasteiger partial charge in [0.1, 0.15) is 12.0 Å². The second kappa shape index (κ2) is 13.6. The lowest BCUT2D eigenvalue weighted by Crippen LogP contribution is -2.54. The quantitative estimate of drug-likeness (QED) is 0.200. The van der Waals surface area contributed by atoms with E-state index in [0.717, 1.165) is 32.0 Å². The van der Waals surface area contributed by atoms with Crippen LogP contribution < -0.4 is 5.32 Å². The van der Waals surface area contributed by atoms with Crippen LogP contribution in [0, 0.1) is 0 Å². The van der Waals surface area contributed by atoms with Gasteiger partial charge in [0.15, 0.2) is 5.96 Å². The summed E-state index contributed by atoms with van der Waals surface area (Å²) in [7, 11) is -3.40. The van der Waals surface area contributed by atoms with Crippen molar-refractivity contribution in [2.75, 3.05) is 45.8 Å². The standard InChI is InChI=1S/C20H38N6O3S.HI/c1-6-21-20(22-9-7-10-26(17(2)3)18(4)5)24-11-13-25(14-12-24)30(27,28)16-19-8-15-29-23-19;/h8,15,17-18H,6-7,9-14,16H2,1-5H3,(H,21,22);1H. The van der Waals surface area contributed by atoms with Crippen LogP contribution in [-0.2, 0) is 15.8 Å². The maximum atomic E-state index is 12.6. The van der Waals surface area contributed by atoms with Gasteiger partial charge in [-0.1, -0.05) is 5.16 Å². The summed E-state index contributed by atoms with van der Waals surface area (Å²) in [6, 6.07) is 2.63. The highest BCUT2D eigenvalue weighted by Gasteiger charge is 2.29. The third-order valence-corrected chi connectivity index (χ3v) is 7.06. The number of halogens is 1. The molecule has 0 aromatic carbocycles. The molecule has 0 saturated carbocycles. The number of aliphatic imine (C=N–C) groups is 1. The van der Waals surface area contributed by atoms with Crippen molar-refractivity contribution in [3.8, 4) is 0 Å². The van der Waals surface area contributed by atoms with Gasteiger partial charge >= 0.3 is 0 Å². The van der Waals surface area contributed by atoms with Crippen molar-refractivity contribution < 1.29 is 12.9 Å². The van der Waals surface area contributed by atoms with Crippen molar-refractivity contribution in [1.29, 1.82) is 0 Å². The van der Waals surface area contributed by atoms with E-state index in [2.05, 4.69) is 48.0 Å². The van der Waals surface area contributed by atoms with E-state index in [9.17, 15) is 8.42 Å². The molecule has 180 valence electrons. The van der Waals surface area contributed by atoms with Crippen LogP contribution in [0.5, 0.6) is 0 Å². The number of sulfonamides is 1. The Labute approximate surface area is 204 Å². The van der Waals surface area contributed by atoms with Crippen molar-refractivity contribution in [2.24, 2.45) is 4.99 Å². The van der Waals surface area contributed by atoms with E-state index in [1.165, 1.54) is 10.6 Å². The molecule has 2 heterocycles. The van der Waals surface area contributed by atoms with E-state index in [1.54, 1.807) is 6.07 Å². The number of hydrogen-bond acceptors (Lipinski definition) is 6. The maximum Gasteiger partial charge on any atom is 0.220 e. The Balaban J connectivity index is 0.00000480. The van der Waals surface area contributed by atoms with Crippen LogP contribution >= 0.6 is 24.0 Å². The predicted molar refractivity (Wildman–Crippen MR) is 135 cm³/mol. The molecule has 0 unspecified atom stereocenters. The zero-order chi connectivity index (χ0) is 22.1. The third-order valence-electron chi connectivity index (χ3n) is 5.25. The fraction of sp³-hybridized carbons (Fsp3) is 0.800. The van der Waals surface area contributed by atoms with Crippen LogP contribution in [0.3, 0.4) is 0 Å². The number of aromatic nitrogens is 1. The number of nitrogens with zero attached hydrogens (tertiary/aromatic N) is 5. The van der Waals surface area contributed by atoms with Gasteiger partial charge in [-0.25, -0.2) is 8.42 Å². The van der Waals surface area contributed by atoms with Gasteiger partial charge in [0.2, 0.25) is 10.0 Å². The van der Waals surface area contributed by atoms with Crippen molar-refractivity contribution in [3.63, 3.8) is 0 Å². The molecule has 1 fully saturated rings. The highest BCUT2D eigenvalue weighted by molar-refractivity contribution is 14.0. The lowest BCUT2D eigenvalue weighted by molar-refractivity contribution is 0.174. The Hall–Kier alpha value is -0.920. The smallest absolute Gasteiger partial charge is 0.220 e. The molecule has 0 bridgehead atoms. The van der Waals surface area contributed by atoms with Crippen molar-refractivity contribution >= 4 is 40.0 Å². The molecule has 0 amide bonds. The summed E-state index contributed by atoms with van der Waals surface area (Å²) in [5.74, 6) is 0.742. The monoisotopic (exact) mass is 570 g/mol. The van der Waals surface area contributed by atoms with Crippen LogP contribution in [0.25, 0.3) is 0 Å². The Morgan fingerprint density at radius 1 is 1.23 bits per heavy atom. The molecule has 1 aromatic rings. The summed E-state index contributed by atoms with van der Waals surface area (Å²) in [5, 5.41) is 7.06. The van der Waals surface area contributed by atoms with E-state index in [1.807, 2.05) is 6.92 Å². The molecule has 0 aliphatic carbocycles. The second-order valence-electron chi connectivity index (χ2n) is 8.15. The normalized spacial score (nSPS) is 16.3. The molecule has 0 radical (unpaired) electrons. The summed E-state index contributed by atoms with van der Waals surface area (Å²) in [5.41, 5.74) is 0.434. The molecule has 9 nitrogen and oxygen atoms in total. The molecule has 1 aliphatic rings. The van der Waals surface area contributed by atoms with Gasteiger partial charge in [-0.15, -0.1) is 24.0 Å². The first-order valence-corrected chi connectivity index (χ1v) is 12.5. The lowest BCUT2D eigenvalue weighted by atomic mass is 10.2. The molecule has 11 heteroatoms. The summed E-state index contributed by atoms with van der Waals surface area (Å²) in [6.45, 7) is 15.6. The predicted octanol–water partition coefficient (Wildman–Crippen LogP) is 2.21. The number of guanidine groups is 1. The average Bonchev–Trinajstić information content (AvgIpc) is 3.18. The van der Waals surface area contributed by atoms with Crippen LogP contribution in [0.2, 0.25) is 0 Å². The van der Waals surface area contributed by atoms with Gasteiger partial charge in [0.25, 0.3) is 0 Å². The number of rotatable bonds is 10. The van der Waals surface area contributed by atoms with E-state index in [-0.39, 0.29) is 29.7 Å². The molecule has 1 aliphatic heterocycles. The Kier molecular flexibility index (Phi) is 12.3. The van der Waals surface area contributed by atoms with Crippen LogP contribution in [0.15, 0.2) is 21.8 Å². The lowest BCUT2D eigenvalue weighted by Gasteiger charge is -2.35. The minimum Gasteiger partial charge on any atom is -0.364 e. The molecular weight excluding hydrogens is 531 g/mol. The summed E-state index contributed by atoms with van der Waals surface area (Å²) >= 11 is 0. The SMILES string of the molecule is CCNC(=NCCCN(C(C)C)C(C)C)N1CCN(S(=O)(=O)Cc2ccon2)CC1.I. The summed E-state index contributed by atoms with van der Waals surface area (Å²) in [6.07, 6.45) is 2.39. The van der Waals surface area contributed by atoms with Crippen molar-refractivity contribution in [2.45, 2.75) is 58.9 Å². The minimum absolute atomic E-state index is 0. The topological polar surface area (TPSA) is 94.3 Å². The molecule has 0 spiro atoms. The first-order chi connectivity index (χ1) is 14.2. The third kappa shape index (κ3) is 8.85. The number of hydrogen-bond donors (Lipinski definition) is 1. The van der Waals surface area contributed by atoms with Crippen molar-refractivity contribution in [1.82, 2.24) is 24.6 Å². The van der Waals surface area contributed by atoms with Gasteiger partial charge in [0.05, 0.1) is 5.69 Å². The Morgan fingerprint density at radius 2 is 1.87 bits per heavy atom. The van der Waals surface area contributed by atoms with Gasteiger partial charge in [-0.3, -0.25) is 9.89 Å². The van der Waals surface area contributed by atoms with Crippen LogP contribution in [0.4, 0.5) is 0 Å². The van der Waals surface area contributed by atoms with E-state index >= 15 is 0 Å². The van der Waals surface area contributed by atoms with Gasteiger partial charge in [0, 0.05) is 64.0 Å². The first-order valence-electron chi connectivity index (χ1n) is 10.9. The van der Waals surface area contributed by atoms with Gasteiger partial charge in [-0.2, -0.15) is 4.31 Å². The highest BCUT2D eigenvalue weighted by atomic mass is 127. The van der Waals surface area contributed by atoms with Crippen LogP contribution in [-0.4, -0.2) is 91.5 Å². The Morgan fingerprint density at radius 3 is 2.39 bits per heavy atom. The first kappa shape index (κ1) is 28.1. The van der Waals surface area contributed by atoms with Gasteiger partial charge < -0.3 is 14.7 Å². The molecule has 0 atom stereocenters. The van der Waals surface area contributed by atoms with Crippen molar-refractivity contribution in [3.05, 3.63) is 18.0 Å². The molecule has 31 heavy (non-hydrogen) atoms. The fourth-order valence-electron chi connectivity index (χ4n) is 3.74. The van der Waals surface area contributed by atoms with Crippen LogP contribution in [0.1, 0.15) is 46.7 Å². The summed E-state index contributed by atoms with van der Waals surface area (Å²) < 4.78 is 31.5. The largest absolute Gasteiger partial charge is 0.364 e. The fourth-order valence-corrected chi connectivity index (χ4v) is 5.17. The molecule has 1 aromatic heterocycles. The van der Waals surface area contributed by atoms with E-state index in [4.69, 9.17) is 9.52 Å². The average molecular weight is 571 g/mol. The minimum atomic E-state index is -3.40. The molecule has 1 N–H and O–H groups in total. The molecule has 1 saturated heterocycles. The number of nitrogens with one attached hydrogen (secondary N) is 1. The zero-order valence-corrected chi connectivity index (χ0v) is 22.6. The van der Waals surface area contributed by atoms with E-state index in [0.29, 0.717) is 44.0 Å². The number of piperazine rings is 1.